The summed E-state index contributed by atoms with van der Waals surface area (Å²) in [5.74, 6) is 0.0521. The predicted molar refractivity (Wildman–Crippen MR) is 76.9 cm³/mol. The molecule has 0 saturated carbocycles. The zero-order chi connectivity index (χ0) is 13.8. The molecule has 4 nitrogen and oxygen atoms in total. The van der Waals surface area contributed by atoms with Gasteiger partial charge in [0.25, 0.3) is 0 Å². The van der Waals surface area contributed by atoms with Gasteiger partial charge in [-0.1, -0.05) is 24.3 Å². The molecule has 1 aliphatic heterocycles. The molecule has 0 aliphatic carbocycles. The van der Waals surface area contributed by atoms with E-state index in [0.717, 1.165) is 18.5 Å². The molecule has 1 amide bonds. The Kier molecular flexibility index (Phi) is 3.74. The second kappa shape index (κ2) is 5.84. The number of hydrogen-bond acceptors (Lipinski definition) is 3. The van der Waals surface area contributed by atoms with Gasteiger partial charge in [0.05, 0.1) is 6.04 Å². The molecule has 2 heterocycles. The first-order valence-corrected chi connectivity index (χ1v) is 6.80. The van der Waals surface area contributed by atoms with E-state index in [9.17, 15) is 4.79 Å². The summed E-state index contributed by atoms with van der Waals surface area (Å²) in [6.07, 6.45) is 4.21. The van der Waals surface area contributed by atoms with Gasteiger partial charge in [0.2, 0.25) is 5.91 Å². The minimum absolute atomic E-state index is 0.0521. The molecule has 0 unspecified atom stereocenters. The van der Waals surface area contributed by atoms with Crippen molar-refractivity contribution in [2.24, 2.45) is 0 Å². The first-order valence-electron chi connectivity index (χ1n) is 6.80. The second-order valence-electron chi connectivity index (χ2n) is 4.98. The molecule has 0 radical (unpaired) electrons. The van der Waals surface area contributed by atoms with Crippen LogP contribution < -0.4 is 10.6 Å². The lowest BCUT2D eigenvalue weighted by Gasteiger charge is -2.25. The Morgan fingerprint density at radius 2 is 1.95 bits per heavy atom. The summed E-state index contributed by atoms with van der Waals surface area (Å²) >= 11 is 0. The number of fused-ring (bicyclic) bond motifs is 1. The number of carbonyl (C=O) groups excluding carboxylic acids is 1. The Labute approximate surface area is 118 Å². The summed E-state index contributed by atoms with van der Waals surface area (Å²) in [4.78, 5) is 16.2. The minimum Gasteiger partial charge on any atom is -0.351 e. The van der Waals surface area contributed by atoms with Gasteiger partial charge >= 0.3 is 0 Å². The van der Waals surface area contributed by atoms with E-state index in [1.165, 1.54) is 11.1 Å². The van der Waals surface area contributed by atoms with Crippen LogP contribution in [-0.4, -0.2) is 16.9 Å². The molecular weight excluding hydrogens is 250 g/mol. The summed E-state index contributed by atoms with van der Waals surface area (Å²) < 4.78 is 0. The van der Waals surface area contributed by atoms with Crippen LogP contribution in [-0.2, 0) is 24.3 Å². The molecule has 2 N–H and O–H groups in total. The smallest absolute Gasteiger partial charge is 0.237 e. The van der Waals surface area contributed by atoms with E-state index in [1.54, 1.807) is 12.4 Å². The highest BCUT2D eigenvalue weighted by Crippen LogP contribution is 2.16. The molecule has 0 spiro atoms. The van der Waals surface area contributed by atoms with E-state index in [1.807, 2.05) is 24.3 Å². The lowest BCUT2D eigenvalue weighted by molar-refractivity contribution is -0.123. The van der Waals surface area contributed by atoms with E-state index in [-0.39, 0.29) is 11.9 Å². The van der Waals surface area contributed by atoms with Crippen LogP contribution >= 0.6 is 0 Å². The first-order chi connectivity index (χ1) is 9.83. The fraction of sp³-hybridized carbons (Fsp3) is 0.250. The Hall–Kier alpha value is -2.20. The first kappa shape index (κ1) is 12.8. The van der Waals surface area contributed by atoms with Gasteiger partial charge in [0.15, 0.2) is 0 Å². The highest BCUT2D eigenvalue weighted by Gasteiger charge is 2.23. The fourth-order valence-electron chi connectivity index (χ4n) is 2.45. The van der Waals surface area contributed by atoms with Crippen LogP contribution in [0.4, 0.5) is 0 Å². The Morgan fingerprint density at radius 3 is 2.75 bits per heavy atom. The van der Waals surface area contributed by atoms with Crippen LogP contribution in [0.1, 0.15) is 16.7 Å². The molecule has 1 atom stereocenters. The largest absolute Gasteiger partial charge is 0.351 e. The summed E-state index contributed by atoms with van der Waals surface area (Å²) in [6, 6.07) is 11.9. The van der Waals surface area contributed by atoms with Crippen molar-refractivity contribution in [1.82, 2.24) is 15.6 Å². The average molecular weight is 267 g/mol. The molecule has 1 aromatic heterocycles. The van der Waals surface area contributed by atoms with Crippen LogP contribution in [0.5, 0.6) is 0 Å². The standard InChI is InChI=1S/C16H17N3O/c20-16(19-10-12-5-7-17-8-6-12)15-9-13-3-1-2-4-14(13)11-18-15/h1-8,15,18H,9-11H2,(H,19,20)/t15-/m0/s1. The fourth-order valence-corrected chi connectivity index (χ4v) is 2.45. The molecule has 1 aliphatic rings. The van der Waals surface area contributed by atoms with E-state index in [0.29, 0.717) is 6.54 Å². The second-order valence-corrected chi connectivity index (χ2v) is 4.98. The molecule has 4 heteroatoms. The number of rotatable bonds is 3. The van der Waals surface area contributed by atoms with Gasteiger partial charge < -0.3 is 10.6 Å². The van der Waals surface area contributed by atoms with Crippen molar-refractivity contribution in [3.8, 4) is 0 Å². The number of benzene rings is 1. The molecule has 0 bridgehead atoms. The maximum absolute atomic E-state index is 12.2. The zero-order valence-electron chi connectivity index (χ0n) is 11.2. The summed E-state index contributed by atoms with van der Waals surface area (Å²) in [7, 11) is 0. The van der Waals surface area contributed by atoms with Crippen LogP contribution in [0, 0.1) is 0 Å². The third-order valence-electron chi connectivity index (χ3n) is 3.61. The molecule has 0 saturated heterocycles. The monoisotopic (exact) mass is 267 g/mol. The van der Waals surface area contributed by atoms with Crippen molar-refractivity contribution in [2.45, 2.75) is 25.6 Å². The van der Waals surface area contributed by atoms with E-state index >= 15 is 0 Å². The van der Waals surface area contributed by atoms with E-state index < -0.39 is 0 Å². The number of amides is 1. The summed E-state index contributed by atoms with van der Waals surface area (Å²) in [5, 5.41) is 6.26. The van der Waals surface area contributed by atoms with Gasteiger partial charge in [-0.05, 0) is 35.2 Å². The van der Waals surface area contributed by atoms with Gasteiger partial charge in [0, 0.05) is 25.5 Å². The van der Waals surface area contributed by atoms with Crippen LogP contribution in [0.15, 0.2) is 48.8 Å². The normalized spacial score (nSPS) is 17.3. The SMILES string of the molecule is O=C(NCc1ccncc1)[C@@H]1Cc2ccccc2CN1. The number of pyridine rings is 1. The van der Waals surface area contributed by atoms with Gasteiger partial charge in [-0.3, -0.25) is 9.78 Å². The molecule has 0 fully saturated rings. The third-order valence-corrected chi connectivity index (χ3v) is 3.61. The summed E-state index contributed by atoms with van der Waals surface area (Å²) in [6.45, 7) is 1.30. The van der Waals surface area contributed by atoms with Crippen molar-refractivity contribution in [3.05, 3.63) is 65.5 Å². The molecule has 2 aromatic rings. The van der Waals surface area contributed by atoms with Crippen LogP contribution in [0.3, 0.4) is 0 Å². The topological polar surface area (TPSA) is 54.0 Å². The summed E-state index contributed by atoms with van der Waals surface area (Å²) in [5.41, 5.74) is 3.60. The average Bonchev–Trinajstić information content (AvgIpc) is 2.53. The quantitative estimate of drug-likeness (QED) is 0.884. The number of carbonyl (C=O) groups is 1. The Morgan fingerprint density at radius 1 is 1.20 bits per heavy atom. The van der Waals surface area contributed by atoms with Gasteiger partial charge in [-0.25, -0.2) is 0 Å². The van der Waals surface area contributed by atoms with E-state index in [2.05, 4.69) is 27.8 Å². The van der Waals surface area contributed by atoms with Crippen molar-refractivity contribution in [2.75, 3.05) is 0 Å². The highest BCUT2D eigenvalue weighted by atomic mass is 16.2. The van der Waals surface area contributed by atoms with Crippen molar-refractivity contribution in [1.29, 1.82) is 0 Å². The maximum atomic E-state index is 12.2. The van der Waals surface area contributed by atoms with Crippen molar-refractivity contribution >= 4 is 5.91 Å². The van der Waals surface area contributed by atoms with Gasteiger partial charge in [-0.2, -0.15) is 0 Å². The zero-order valence-corrected chi connectivity index (χ0v) is 11.2. The predicted octanol–water partition coefficient (Wildman–Crippen LogP) is 1.41. The minimum atomic E-state index is -0.147. The molecule has 1 aromatic carbocycles. The van der Waals surface area contributed by atoms with Crippen molar-refractivity contribution in [3.63, 3.8) is 0 Å². The number of nitrogens with zero attached hydrogens (tertiary/aromatic N) is 1. The lowest BCUT2D eigenvalue weighted by Crippen LogP contribution is -2.47. The number of hydrogen-bond donors (Lipinski definition) is 2. The molecule has 3 rings (SSSR count). The number of nitrogens with one attached hydrogen (secondary N) is 2. The third kappa shape index (κ3) is 2.86. The van der Waals surface area contributed by atoms with Gasteiger partial charge in [-0.15, -0.1) is 0 Å². The maximum Gasteiger partial charge on any atom is 0.237 e. The Balaban J connectivity index is 1.59. The molecule has 102 valence electrons. The molecular formula is C16H17N3O. The lowest BCUT2D eigenvalue weighted by atomic mass is 9.95. The van der Waals surface area contributed by atoms with Crippen molar-refractivity contribution < 1.29 is 4.79 Å². The van der Waals surface area contributed by atoms with E-state index in [4.69, 9.17) is 0 Å². The van der Waals surface area contributed by atoms with Crippen LogP contribution in [0.25, 0.3) is 0 Å². The highest BCUT2D eigenvalue weighted by molar-refractivity contribution is 5.82. The number of aromatic nitrogens is 1. The van der Waals surface area contributed by atoms with Gasteiger partial charge in [0.1, 0.15) is 0 Å². The Bertz CT molecular complexity index is 598. The molecule has 20 heavy (non-hydrogen) atoms. The van der Waals surface area contributed by atoms with Crippen LogP contribution in [0.2, 0.25) is 0 Å².